The number of likely N-dealkylation sites (tertiary alicyclic amines) is 1. The summed E-state index contributed by atoms with van der Waals surface area (Å²) in [6.07, 6.45) is 1.51. The molecule has 0 bridgehead atoms. The van der Waals surface area contributed by atoms with Crippen molar-refractivity contribution in [2.45, 2.75) is 32.4 Å². The van der Waals surface area contributed by atoms with Crippen LogP contribution in [-0.2, 0) is 4.74 Å². The topological polar surface area (TPSA) is 55.6 Å². The van der Waals surface area contributed by atoms with Crippen molar-refractivity contribution in [2.24, 2.45) is 11.7 Å². The van der Waals surface area contributed by atoms with Crippen molar-refractivity contribution in [1.82, 2.24) is 4.90 Å². The fraction of sp³-hybridized carbons (Fsp3) is 0.727. The number of nitrogens with two attached hydrogens (primary N) is 1. The van der Waals surface area contributed by atoms with Crippen LogP contribution in [0.4, 0.5) is 4.79 Å². The summed E-state index contributed by atoms with van der Waals surface area (Å²) in [7, 11) is 0. The van der Waals surface area contributed by atoms with Gasteiger partial charge in [-0.3, -0.25) is 0 Å². The molecular formula is C11H21ClN2O2. The van der Waals surface area contributed by atoms with Gasteiger partial charge >= 0.3 is 6.09 Å². The molecule has 0 aromatic rings. The summed E-state index contributed by atoms with van der Waals surface area (Å²) in [6, 6.07) is -0.0185. The molecule has 0 radical (unpaired) electrons. The fourth-order valence-electron chi connectivity index (χ4n) is 1.58. The molecule has 0 unspecified atom stereocenters. The number of amides is 1. The molecule has 16 heavy (non-hydrogen) atoms. The van der Waals surface area contributed by atoms with E-state index < -0.39 is 5.60 Å². The van der Waals surface area contributed by atoms with Crippen molar-refractivity contribution in [1.29, 1.82) is 0 Å². The molecule has 2 N–H and O–H groups in total. The molecule has 2 atom stereocenters. The minimum atomic E-state index is -0.451. The standard InChI is InChI=1S/C11H20N2O2.ClH/c1-5-8-6-13(7-9(8)12)10(14)15-11(2,3)4;/h5,8-9H,1,6-7,12H2,2-4H3;1H/t8-,9+;/m1./s1. The van der Waals surface area contributed by atoms with Crippen LogP contribution in [0.2, 0.25) is 0 Å². The normalized spacial score (nSPS) is 24.9. The Morgan fingerprint density at radius 3 is 2.44 bits per heavy atom. The van der Waals surface area contributed by atoms with E-state index in [9.17, 15) is 4.79 Å². The molecule has 1 heterocycles. The molecule has 0 aliphatic carbocycles. The SMILES string of the molecule is C=C[C@@H]1CN(C(=O)OC(C)(C)C)C[C@@H]1N.Cl. The second kappa shape index (κ2) is 5.55. The second-order valence-corrected chi connectivity index (χ2v) is 4.95. The van der Waals surface area contributed by atoms with Crippen LogP contribution in [-0.4, -0.2) is 35.7 Å². The number of hydrogen-bond acceptors (Lipinski definition) is 3. The van der Waals surface area contributed by atoms with E-state index in [2.05, 4.69) is 6.58 Å². The van der Waals surface area contributed by atoms with Gasteiger partial charge in [0.2, 0.25) is 0 Å². The van der Waals surface area contributed by atoms with Crippen molar-refractivity contribution in [3.05, 3.63) is 12.7 Å². The van der Waals surface area contributed by atoms with Crippen molar-refractivity contribution >= 4 is 18.5 Å². The lowest BCUT2D eigenvalue weighted by atomic mass is 10.1. The highest BCUT2D eigenvalue weighted by Gasteiger charge is 2.33. The van der Waals surface area contributed by atoms with Gasteiger partial charge in [-0.2, -0.15) is 0 Å². The van der Waals surface area contributed by atoms with Crippen LogP contribution in [0.25, 0.3) is 0 Å². The first-order valence-corrected chi connectivity index (χ1v) is 5.19. The fourth-order valence-corrected chi connectivity index (χ4v) is 1.58. The van der Waals surface area contributed by atoms with Crippen LogP contribution in [0.5, 0.6) is 0 Å². The molecule has 94 valence electrons. The minimum absolute atomic E-state index is 0. The van der Waals surface area contributed by atoms with Crippen molar-refractivity contribution in [3.8, 4) is 0 Å². The maximum Gasteiger partial charge on any atom is 0.410 e. The van der Waals surface area contributed by atoms with E-state index in [1.165, 1.54) is 0 Å². The summed E-state index contributed by atoms with van der Waals surface area (Å²) in [5.74, 6) is 0.178. The third-order valence-electron chi connectivity index (χ3n) is 2.37. The zero-order chi connectivity index (χ0) is 11.6. The highest BCUT2D eigenvalue weighted by atomic mass is 35.5. The number of carbonyl (C=O) groups excluding carboxylic acids is 1. The first kappa shape index (κ1) is 15.3. The maximum atomic E-state index is 11.7. The molecule has 1 aliphatic rings. The predicted molar refractivity (Wildman–Crippen MR) is 66.7 cm³/mol. The molecule has 1 aliphatic heterocycles. The number of halogens is 1. The summed E-state index contributed by atoms with van der Waals surface area (Å²) in [6.45, 7) is 10.4. The quantitative estimate of drug-likeness (QED) is 0.720. The van der Waals surface area contributed by atoms with Gasteiger partial charge < -0.3 is 15.4 Å². The summed E-state index contributed by atoms with van der Waals surface area (Å²) < 4.78 is 5.26. The molecule has 1 fully saturated rings. The Balaban J connectivity index is 0.00000225. The molecule has 0 aromatic carbocycles. The Hall–Kier alpha value is -0.740. The smallest absolute Gasteiger partial charge is 0.410 e. The molecule has 1 amide bonds. The number of nitrogens with zero attached hydrogens (tertiary/aromatic N) is 1. The Kier molecular flexibility index (Phi) is 5.29. The molecule has 0 aromatic heterocycles. The van der Waals surface area contributed by atoms with Crippen LogP contribution >= 0.6 is 12.4 Å². The molecule has 0 spiro atoms. The van der Waals surface area contributed by atoms with Crippen LogP contribution in [0.1, 0.15) is 20.8 Å². The van der Waals surface area contributed by atoms with Gasteiger partial charge in [0.05, 0.1) is 0 Å². The Morgan fingerprint density at radius 2 is 2.06 bits per heavy atom. The third-order valence-corrected chi connectivity index (χ3v) is 2.37. The van der Waals surface area contributed by atoms with E-state index in [4.69, 9.17) is 10.5 Å². The molecule has 0 saturated carbocycles. The Morgan fingerprint density at radius 1 is 1.50 bits per heavy atom. The second-order valence-electron chi connectivity index (χ2n) is 4.95. The zero-order valence-corrected chi connectivity index (χ0v) is 10.9. The molecule has 1 rings (SSSR count). The lowest BCUT2D eigenvalue weighted by molar-refractivity contribution is 0.0289. The molecular weight excluding hydrogens is 228 g/mol. The highest BCUT2D eigenvalue weighted by Crippen LogP contribution is 2.19. The molecule has 5 heteroatoms. The van der Waals surface area contributed by atoms with E-state index in [1.54, 1.807) is 11.0 Å². The lowest BCUT2D eigenvalue weighted by Gasteiger charge is -2.24. The maximum absolute atomic E-state index is 11.7. The monoisotopic (exact) mass is 248 g/mol. The van der Waals surface area contributed by atoms with Gasteiger partial charge in [-0.25, -0.2) is 4.79 Å². The zero-order valence-electron chi connectivity index (χ0n) is 10.1. The number of hydrogen-bond donors (Lipinski definition) is 1. The minimum Gasteiger partial charge on any atom is -0.444 e. The highest BCUT2D eigenvalue weighted by molar-refractivity contribution is 5.85. The van der Waals surface area contributed by atoms with Gasteiger partial charge in [0, 0.05) is 25.0 Å². The largest absolute Gasteiger partial charge is 0.444 e. The number of carbonyl (C=O) groups is 1. The van der Waals surface area contributed by atoms with Gasteiger partial charge in [0.1, 0.15) is 5.60 Å². The van der Waals surface area contributed by atoms with E-state index in [-0.39, 0.29) is 30.5 Å². The molecule has 4 nitrogen and oxygen atoms in total. The number of rotatable bonds is 1. The lowest BCUT2D eigenvalue weighted by Crippen LogP contribution is -2.36. The molecule has 1 saturated heterocycles. The van der Waals surface area contributed by atoms with Crippen LogP contribution in [0.3, 0.4) is 0 Å². The Bertz CT molecular complexity index is 263. The van der Waals surface area contributed by atoms with Gasteiger partial charge in [-0.1, -0.05) is 6.08 Å². The van der Waals surface area contributed by atoms with Crippen molar-refractivity contribution in [3.63, 3.8) is 0 Å². The predicted octanol–water partition coefficient (Wildman–Crippen LogP) is 1.79. The third kappa shape index (κ3) is 4.02. The summed E-state index contributed by atoms with van der Waals surface area (Å²) in [4.78, 5) is 13.3. The summed E-state index contributed by atoms with van der Waals surface area (Å²) in [5, 5.41) is 0. The van der Waals surface area contributed by atoms with Crippen molar-refractivity contribution in [2.75, 3.05) is 13.1 Å². The summed E-state index contributed by atoms with van der Waals surface area (Å²) >= 11 is 0. The van der Waals surface area contributed by atoms with Crippen molar-refractivity contribution < 1.29 is 9.53 Å². The van der Waals surface area contributed by atoms with E-state index in [1.807, 2.05) is 20.8 Å². The first-order valence-electron chi connectivity index (χ1n) is 5.19. The van der Waals surface area contributed by atoms with E-state index >= 15 is 0 Å². The van der Waals surface area contributed by atoms with E-state index in [0.29, 0.717) is 13.1 Å². The first-order chi connectivity index (χ1) is 6.83. The van der Waals surface area contributed by atoms with Crippen LogP contribution < -0.4 is 5.73 Å². The van der Waals surface area contributed by atoms with Crippen LogP contribution in [0.15, 0.2) is 12.7 Å². The van der Waals surface area contributed by atoms with Gasteiger partial charge in [0.15, 0.2) is 0 Å². The van der Waals surface area contributed by atoms with Gasteiger partial charge in [-0.15, -0.1) is 19.0 Å². The van der Waals surface area contributed by atoms with Gasteiger partial charge in [-0.05, 0) is 20.8 Å². The van der Waals surface area contributed by atoms with Crippen LogP contribution in [0, 0.1) is 5.92 Å². The van der Waals surface area contributed by atoms with E-state index in [0.717, 1.165) is 0 Å². The van der Waals surface area contributed by atoms with Gasteiger partial charge in [0.25, 0.3) is 0 Å². The average molecular weight is 249 g/mol. The number of ether oxygens (including phenoxy) is 1. The Labute approximate surface area is 103 Å². The summed E-state index contributed by atoms with van der Waals surface area (Å²) in [5.41, 5.74) is 5.41. The average Bonchev–Trinajstić information content (AvgIpc) is 2.43.